The van der Waals surface area contributed by atoms with Crippen molar-refractivity contribution < 1.29 is 17.9 Å². The highest BCUT2D eigenvalue weighted by atomic mass is 35.5. The van der Waals surface area contributed by atoms with Crippen LogP contribution in [-0.4, -0.2) is 39.8 Å². The molecule has 0 bridgehead atoms. The van der Waals surface area contributed by atoms with Crippen LogP contribution in [0.3, 0.4) is 0 Å². The van der Waals surface area contributed by atoms with E-state index in [4.69, 9.17) is 16.3 Å². The minimum Gasteiger partial charge on any atom is -0.495 e. The van der Waals surface area contributed by atoms with E-state index in [1.807, 2.05) is 0 Å². The lowest BCUT2D eigenvalue weighted by atomic mass is 10.3. The highest BCUT2D eigenvalue weighted by Crippen LogP contribution is 2.29. The van der Waals surface area contributed by atoms with E-state index in [9.17, 15) is 13.2 Å². The molecular weight excluding hydrogens is 360 g/mol. The molecule has 1 amide bonds. The van der Waals surface area contributed by atoms with E-state index in [1.54, 1.807) is 18.2 Å². The second-order valence-electron chi connectivity index (χ2n) is 4.71. The highest BCUT2D eigenvalue weighted by molar-refractivity contribution is 7.89. The van der Waals surface area contributed by atoms with Crippen LogP contribution in [0.1, 0.15) is 9.67 Å². The predicted molar refractivity (Wildman–Crippen MR) is 91.1 cm³/mol. The molecule has 124 valence electrons. The van der Waals surface area contributed by atoms with Crippen LogP contribution < -0.4 is 10.1 Å². The molecule has 0 fully saturated rings. The molecule has 0 unspecified atom stereocenters. The zero-order valence-electron chi connectivity index (χ0n) is 12.7. The van der Waals surface area contributed by atoms with Crippen LogP contribution in [-0.2, 0) is 10.0 Å². The molecule has 0 saturated carbocycles. The summed E-state index contributed by atoms with van der Waals surface area (Å²) in [6.45, 7) is 0. The largest absolute Gasteiger partial charge is 0.495 e. The van der Waals surface area contributed by atoms with Crippen molar-refractivity contribution >= 4 is 44.6 Å². The van der Waals surface area contributed by atoms with E-state index in [2.05, 4.69) is 5.32 Å². The molecule has 0 aliphatic rings. The Labute approximate surface area is 143 Å². The van der Waals surface area contributed by atoms with Gasteiger partial charge in [-0.25, -0.2) is 12.7 Å². The molecule has 0 aliphatic carbocycles. The number of hydrogen-bond acceptors (Lipinski definition) is 5. The Morgan fingerprint density at radius 1 is 1.26 bits per heavy atom. The molecule has 2 aromatic rings. The van der Waals surface area contributed by atoms with E-state index in [0.717, 1.165) is 15.6 Å². The monoisotopic (exact) mass is 374 g/mol. The molecule has 1 heterocycles. The summed E-state index contributed by atoms with van der Waals surface area (Å²) in [6.07, 6.45) is 0. The lowest BCUT2D eigenvalue weighted by Crippen LogP contribution is -2.23. The zero-order chi connectivity index (χ0) is 17.2. The topological polar surface area (TPSA) is 75.7 Å². The number of nitrogens with zero attached hydrogens (tertiary/aromatic N) is 1. The summed E-state index contributed by atoms with van der Waals surface area (Å²) in [5.41, 5.74) is 0.348. The molecule has 0 radical (unpaired) electrons. The van der Waals surface area contributed by atoms with Crippen LogP contribution in [0, 0.1) is 0 Å². The van der Waals surface area contributed by atoms with E-state index >= 15 is 0 Å². The standard InChI is InChI=1S/C14H15ClN2O4S2/c1-17(2)23(19,20)12-8-9(4-5-10(12)21-3)16-14(18)11-6-7-13(15)22-11/h4-8H,1-3H3,(H,16,18). The summed E-state index contributed by atoms with van der Waals surface area (Å²) in [5, 5.41) is 2.65. The van der Waals surface area contributed by atoms with Crippen LogP contribution in [0.25, 0.3) is 0 Å². The number of halogens is 1. The Morgan fingerprint density at radius 3 is 2.48 bits per heavy atom. The summed E-state index contributed by atoms with van der Waals surface area (Å²) in [4.78, 5) is 12.5. The van der Waals surface area contributed by atoms with Gasteiger partial charge in [0.2, 0.25) is 10.0 Å². The minimum atomic E-state index is -3.70. The summed E-state index contributed by atoms with van der Waals surface area (Å²) in [7, 11) is 0.533. The van der Waals surface area contributed by atoms with Crippen molar-refractivity contribution in [1.82, 2.24) is 4.31 Å². The Kier molecular flexibility index (Phi) is 5.30. The Bertz CT molecular complexity index is 831. The van der Waals surface area contributed by atoms with Gasteiger partial charge >= 0.3 is 0 Å². The van der Waals surface area contributed by atoms with Gasteiger partial charge in [0.05, 0.1) is 16.3 Å². The molecule has 1 N–H and O–H groups in total. The Morgan fingerprint density at radius 2 is 1.96 bits per heavy atom. The number of carbonyl (C=O) groups is 1. The van der Waals surface area contributed by atoms with Crippen molar-refractivity contribution in [2.45, 2.75) is 4.90 Å². The first-order valence-electron chi connectivity index (χ1n) is 6.43. The number of amides is 1. The quantitative estimate of drug-likeness (QED) is 0.873. The van der Waals surface area contributed by atoms with Gasteiger partial charge in [0.1, 0.15) is 10.6 Å². The molecule has 1 aromatic carbocycles. The number of carbonyl (C=O) groups excluding carboxylic acids is 1. The van der Waals surface area contributed by atoms with Crippen molar-refractivity contribution in [2.24, 2.45) is 0 Å². The van der Waals surface area contributed by atoms with E-state index in [-0.39, 0.29) is 16.6 Å². The Balaban J connectivity index is 2.36. The third-order valence-corrected chi connectivity index (χ3v) is 6.04. The fourth-order valence-electron chi connectivity index (χ4n) is 1.78. The molecule has 0 spiro atoms. The lowest BCUT2D eigenvalue weighted by molar-refractivity contribution is 0.103. The van der Waals surface area contributed by atoms with Crippen molar-refractivity contribution in [3.8, 4) is 5.75 Å². The average Bonchev–Trinajstić information content (AvgIpc) is 2.93. The number of anilines is 1. The third-order valence-electron chi connectivity index (χ3n) is 2.98. The van der Waals surface area contributed by atoms with E-state index < -0.39 is 10.0 Å². The first-order chi connectivity index (χ1) is 10.8. The van der Waals surface area contributed by atoms with Crippen LogP contribution in [0.2, 0.25) is 4.34 Å². The van der Waals surface area contributed by atoms with Crippen LogP contribution in [0.5, 0.6) is 5.75 Å². The number of nitrogens with one attached hydrogen (secondary N) is 1. The van der Waals surface area contributed by atoms with E-state index in [1.165, 1.54) is 33.3 Å². The first kappa shape index (κ1) is 17.7. The summed E-state index contributed by atoms with van der Waals surface area (Å²) < 4.78 is 31.4. The Hall–Kier alpha value is -1.61. The normalized spacial score (nSPS) is 11.5. The van der Waals surface area contributed by atoms with Gasteiger partial charge in [-0.05, 0) is 30.3 Å². The maximum absolute atomic E-state index is 12.3. The smallest absolute Gasteiger partial charge is 0.265 e. The molecule has 23 heavy (non-hydrogen) atoms. The van der Waals surface area contributed by atoms with Gasteiger partial charge in [-0.1, -0.05) is 11.6 Å². The van der Waals surface area contributed by atoms with Crippen molar-refractivity contribution in [1.29, 1.82) is 0 Å². The number of rotatable bonds is 5. The molecule has 9 heteroatoms. The summed E-state index contributed by atoms with van der Waals surface area (Å²) in [5.74, 6) is -0.156. The van der Waals surface area contributed by atoms with E-state index in [0.29, 0.717) is 14.9 Å². The van der Waals surface area contributed by atoms with Crippen molar-refractivity contribution in [3.05, 3.63) is 39.5 Å². The zero-order valence-corrected chi connectivity index (χ0v) is 15.1. The van der Waals surface area contributed by atoms with Gasteiger partial charge in [-0.3, -0.25) is 4.79 Å². The second kappa shape index (κ2) is 6.88. The van der Waals surface area contributed by atoms with Gasteiger partial charge < -0.3 is 10.1 Å². The fourth-order valence-corrected chi connectivity index (χ4v) is 3.79. The molecule has 0 aliphatic heterocycles. The van der Waals surface area contributed by atoms with Crippen molar-refractivity contribution in [3.63, 3.8) is 0 Å². The molecule has 2 rings (SSSR count). The van der Waals surface area contributed by atoms with Gasteiger partial charge in [0, 0.05) is 19.8 Å². The number of sulfonamides is 1. The second-order valence-corrected chi connectivity index (χ2v) is 8.55. The first-order valence-corrected chi connectivity index (χ1v) is 9.06. The molecule has 0 saturated heterocycles. The van der Waals surface area contributed by atoms with Crippen LogP contribution >= 0.6 is 22.9 Å². The van der Waals surface area contributed by atoms with Gasteiger partial charge in [-0.15, -0.1) is 11.3 Å². The molecule has 0 atom stereocenters. The third kappa shape index (κ3) is 3.84. The molecule has 6 nitrogen and oxygen atoms in total. The predicted octanol–water partition coefficient (Wildman–Crippen LogP) is 2.91. The van der Waals surface area contributed by atoms with Gasteiger partial charge in [0.25, 0.3) is 5.91 Å². The summed E-state index contributed by atoms with van der Waals surface area (Å²) in [6, 6.07) is 7.65. The molecule has 1 aromatic heterocycles. The number of methoxy groups -OCH3 is 1. The summed E-state index contributed by atoms with van der Waals surface area (Å²) >= 11 is 6.94. The SMILES string of the molecule is COc1ccc(NC(=O)c2ccc(Cl)s2)cc1S(=O)(=O)N(C)C. The lowest BCUT2D eigenvalue weighted by Gasteiger charge is -2.15. The highest BCUT2D eigenvalue weighted by Gasteiger charge is 2.23. The number of ether oxygens (including phenoxy) is 1. The fraction of sp³-hybridized carbons (Fsp3) is 0.214. The minimum absolute atomic E-state index is 0.0213. The maximum atomic E-state index is 12.3. The number of hydrogen-bond donors (Lipinski definition) is 1. The number of thiophene rings is 1. The van der Waals surface area contributed by atoms with Crippen LogP contribution in [0.4, 0.5) is 5.69 Å². The maximum Gasteiger partial charge on any atom is 0.265 e. The van der Waals surface area contributed by atoms with Gasteiger partial charge in [-0.2, -0.15) is 0 Å². The number of benzene rings is 1. The molecular formula is C14H15ClN2O4S2. The van der Waals surface area contributed by atoms with Gasteiger partial charge in [0.15, 0.2) is 0 Å². The van der Waals surface area contributed by atoms with Crippen molar-refractivity contribution in [2.75, 3.05) is 26.5 Å². The van der Waals surface area contributed by atoms with Crippen LogP contribution in [0.15, 0.2) is 35.2 Å². The average molecular weight is 375 g/mol.